The van der Waals surface area contributed by atoms with E-state index in [1.807, 2.05) is 0 Å². The van der Waals surface area contributed by atoms with Gasteiger partial charge in [0.25, 0.3) is 0 Å². The summed E-state index contributed by atoms with van der Waals surface area (Å²) in [6.07, 6.45) is 6.31. The van der Waals surface area contributed by atoms with Gasteiger partial charge in [0.1, 0.15) is 0 Å². The Balaban J connectivity index is 2.05. The summed E-state index contributed by atoms with van der Waals surface area (Å²) in [5.41, 5.74) is 1.18. The molecule has 2 aliphatic rings. The topological polar surface area (TPSA) is 37.3 Å². The molecule has 0 saturated heterocycles. The number of carboxylic acids is 1. The van der Waals surface area contributed by atoms with E-state index < -0.39 is 5.97 Å². The van der Waals surface area contributed by atoms with Crippen LogP contribution in [-0.2, 0) is 4.79 Å². The Bertz CT molecular complexity index is 218. The van der Waals surface area contributed by atoms with Crippen LogP contribution in [0.1, 0.15) is 25.7 Å². The Morgan fingerprint density at radius 1 is 1.55 bits per heavy atom. The van der Waals surface area contributed by atoms with Gasteiger partial charge >= 0.3 is 5.97 Å². The Kier molecular flexibility index (Phi) is 1.48. The first kappa shape index (κ1) is 6.89. The molecule has 1 N–H and O–H groups in total. The van der Waals surface area contributed by atoms with E-state index in [0.29, 0.717) is 5.92 Å². The summed E-state index contributed by atoms with van der Waals surface area (Å²) in [7, 11) is 0. The van der Waals surface area contributed by atoms with Gasteiger partial charge in [-0.05, 0) is 31.1 Å². The van der Waals surface area contributed by atoms with Crippen LogP contribution >= 0.6 is 0 Å². The van der Waals surface area contributed by atoms with Gasteiger partial charge in [-0.2, -0.15) is 0 Å². The summed E-state index contributed by atoms with van der Waals surface area (Å²) in [4.78, 5) is 10.3. The predicted octanol–water partition coefficient (Wildman–Crippen LogP) is 1.82. The van der Waals surface area contributed by atoms with Crippen molar-refractivity contribution in [1.82, 2.24) is 0 Å². The minimum atomic E-state index is -0.773. The highest BCUT2D eigenvalue weighted by Gasteiger charge is 2.39. The van der Waals surface area contributed by atoms with Crippen LogP contribution in [0.2, 0.25) is 0 Å². The van der Waals surface area contributed by atoms with Crippen molar-refractivity contribution in [2.45, 2.75) is 25.7 Å². The minimum Gasteiger partial charge on any atom is -0.478 e. The van der Waals surface area contributed by atoms with Crippen molar-refractivity contribution in [2.24, 2.45) is 11.8 Å². The van der Waals surface area contributed by atoms with E-state index in [1.165, 1.54) is 30.9 Å². The molecule has 0 amide bonds. The van der Waals surface area contributed by atoms with E-state index in [1.54, 1.807) is 0 Å². The summed E-state index contributed by atoms with van der Waals surface area (Å²) in [6, 6.07) is 0. The molecule has 2 heteroatoms. The quantitative estimate of drug-likeness (QED) is 0.582. The molecule has 2 fully saturated rings. The number of hydrogen-bond acceptors (Lipinski definition) is 1. The maximum Gasteiger partial charge on any atom is 0.328 e. The number of hydrogen-bond donors (Lipinski definition) is 1. The number of rotatable bonds is 1. The highest BCUT2D eigenvalue weighted by Crippen LogP contribution is 2.50. The first-order valence-corrected chi connectivity index (χ1v) is 4.21. The second-order valence-electron chi connectivity index (χ2n) is 3.56. The fourth-order valence-electron chi connectivity index (χ4n) is 2.39. The molecule has 60 valence electrons. The van der Waals surface area contributed by atoms with Gasteiger partial charge in [0, 0.05) is 6.08 Å². The number of carboxylic acid groups (broad SMARTS) is 1. The zero-order chi connectivity index (χ0) is 7.84. The number of carbonyl (C=O) groups is 1. The van der Waals surface area contributed by atoms with Gasteiger partial charge in [-0.1, -0.05) is 12.0 Å². The first-order chi connectivity index (χ1) is 5.27. The SMILES string of the molecule is O=C(O)/C=C1\C[C@H]2CCC[C@H]12. The monoisotopic (exact) mass is 152 g/mol. The molecule has 0 spiro atoms. The highest BCUT2D eigenvalue weighted by atomic mass is 16.4. The molecule has 2 rings (SSSR count). The van der Waals surface area contributed by atoms with Gasteiger partial charge in [0.05, 0.1) is 0 Å². The molecule has 0 aromatic rings. The van der Waals surface area contributed by atoms with Crippen molar-refractivity contribution >= 4 is 5.97 Å². The lowest BCUT2D eigenvalue weighted by Crippen LogP contribution is -2.24. The summed E-state index contributed by atoms with van der Waals surface area (Å²) in [5.74, 6) is 0.706. The van der Waals surface area contributed by atoms with E-state index in [4.69, 9.17) is 5.11 Å². The average Bonchev–Trinajstić information content (AvgIpc) is 2.26. The maximum absolute atomic E-state index is 10.3. The molecule has 2 atom stereocenters. The fraction of sp³-hybridized carbons (Fsp3) is 0.667. The molecule has 2 aliphatic carbocycles. The van der Waals surface area contributed by atoms with E-state index in [2.05, 4.69) is 0 Å². The average molecular weight is 152 g/mol. The van der Waals surface area contributed by atoms with E-state index in [-0.39, 0.29) is 0 Å². The van der Waals surface area contributed by atoms with Crippen LogP contribution in [-0.4, -0.2) is 11.1 Å². The Morgan fingerprint density at radius 2 is 2.36 bits per heavy atom. The van der Waals surface area contributed by atoms with E-state index >= 15 is 0 Å². The molecule has 0 heterocycles. The van der Waals surface area contributed by atoms with Gasteiger partial charge in [0.15, 0.2) is 0 Å². The normalized spacial score (nSPS) is 38.4. The van der Waals surface area contributed by atoms with Gasteiger partial charge < -0.3 is 5.11 Å². The summed E-state index contributed by atoms with van der Waals surface area (Å²) in [6.45, 7) is 0. The van der Waals surface area contributed by atoms with Crippen LogP contribution in [0.4, 0.5) is 0 Å². The molecule has 0 aromatic carbocycles. The smallest absolute Gasteiger partial charge is 0.328 e. The van der Waals surface area contributed by atoms with Crippen molar-refractivity contribution in [3.05, 3.63) is 11.6 Å². The molecule has 0 aromatic heterocycles. The van der Waals surface area contributed by atoms with Crippen LogP contribution in [0.25, 0.3) is 0 Å². The number of aliphatic carboxylic acids is 1. The fourth-order valence-corrected chi connectivity index (χ4v) is 2.39. The zero-order valence-electron chi connectivity index (χ0n) is 6.42. The largest absolute Gasteiger partial charge is 0.478 e. The maximum atomic E-state index is 10.3. The van der Waals surface area contributed by atoms with Gasteiger partial charge in [-0.25, -0.2) is 4.79 Å². The zero-order valence-corrected chi connectivity index (χ0v) is 6.42. The van der Waals surface area contributed by atoms with Crippen LogP contribution in [0.15, 0.2) is 11.6 Å². The van der Waals surface area contributed by atoms with Crippen molar-refractivity contribution in [3.63, 3.8) is 0 Å². The van der Waals surface area contributed by atoms with Gasteiger partial charge in [-0.3, -0.25) is 0 Å². The summed E-state index contributed by atoms with van der Waals surface area (Å²) in [5, 5.41) is 8.49. The van der Waals surface area contributed by atoms with Crippen LogP contribution in [0.5, 0.6) is 0 Å². The van der Waals surface area contributed by atoms with Crippen molar-refractivity contribution < 1.29 is 9.90 Å². The molecule has 0 radical (unpaired) electrons. The third kappa shape index (κ3) is 1.06. The lowest BCUT2D eigenvalue weighted by molar-refractivity contribution is -0.131. The lowest BCUT2D eigenvalue weighted by Gasteiger charge is -2.33. The van der Waals surface area contributed by atoms with E-state index in [0.717, 1.165) is 12.3 Å². The Hall–Kier alpha value is -0.790. The van der Waals surface area contributed by atoms with E-state index in [9.17, 15) is 4.79 Å². The predicted molar refractivity (Wildman–Crippen MR) is 41.2 cm³/mol. The molecule has 0 aliphatic heterocycles. The molecular formula is C9H12O2. The van der Waals surface area contributed by atoms with Gasteiger partial charge in [0.2, 0.25) is 0 Å². The second kappa shape index (κ2) is 2.36. The Labute approximate surface area is 65.9 Å². The number of allylic oxidation sites excluding steroid dienone is 1. The van der Waals surface area contributed by atoms with Gasteiger partial charge in [-0.15, -0.1) is 0 Å². The molecule has 2 saturated carbocycles. The third-order valence-corrected chi connectivity index (χ3v) is 2.94. The standard InChI is InChI=1S/C9H12O2/c10-9(11)5-7-4-6-2-1-3-8(6)7/h5-6,8H,1-4H2,(H,10,11)/b7-5+/t6-,8+/m1/s1. The second-order valence-corrected chi connectivity index (χ2v) is 3.56. The molecule has 2 nitrogen and oxygen atoms in total. The molecule has 11 heavy (non-hydrogen) atoms. The number of fused-ring (bicyclic) bond motifs is 1. The molecular weight excluding hydrogens is 140 g/mol. The summed E-state index contributed by atoms with van der Waals surface area (Å²) >= 11 is 0. The van der Waals surface area contributed by atoms with Crippen molar-refractivity contribution in [1.29, 1.82) is 0 Å². The van der Waals surface area contributed by atoms with Crippen LogP contribution < -0.4 is 0 Å². The van der Waals surface area contributed by atoms with Crippen molar-refractivity contribution in [2.75, 3.05) is 0 Å². The Morgan fingerprint density at radius 3 is 3.00 bits per heavy atom. The van der Waals surface area contributed by atoms with Crippen LogP contribution in [0, 0.1) is 11.8 Å². The minimum absolute atomic E-state index is 0.645. The molecule has 0 unspecified atom stereocenters. The van der Waals surface area contributed by atoms with Crippen molar-refractivity contribution in [3.8, 4) is 0 Å². The highest BCUT2D eigenvalue weighted by molar-refractivity contribution is 5.81. The lowest BCUT2D eigenvalue weighted by atomic mass is 9.71. The third-order valence-electron chi connectivity index (χ3n) is 2.94. The molecule has 0 bridgehead atoms. The van der Waals surface area contributed by atoms with Crippen LogP contribution in [0.3, 0.4) is 0 Å². The first-order valence-electron chi connectivity index (χ1n) is 4.21. The summed E-state index contributed by atoms with van der Waals surface area (Å²) < 4.78 is 0.